The van der Waals surface area contributed by atoms with Crippen LogP contribution < -0.4 is 4.74 Å². The van der Waals surface area contributed by atoms with Gasteiger partial charge in [0.1, 0.15) is 5.75 Å². The van der Waals surface area contributed by atoms with E-state index >= 15 is 0 Å². The van der Waals surface area contributed by atoms with E-state index in [0.717, 1.165) is 54.8 Å². The minimum atomic E-state index is 0.139. The van der Waals surface area contributed by atoms with Crippen LogP contribution >= 0.6 is 0 Å². The number of amides is 2. The number of ether oxygens (including phenoxy) is 1. The topological polar surface area (TPSA) is 49.9 Å². The lowest BCUT2D eigenvalue weighted by atomic mass is 9.99. The van der Waals surface area contributed by atoms with Crippen molar-refractivity contribution in [1.29, 1.82) is 0 Å². The smallest absolute Gasteiger partial charge is 0.227 e. The van der Waals surface area contributed by atoms with Gasteiger partial charge in [-0.25, -0.2) is 0 Å². The zero-order valence-electron chi connectivity index (χ0n) is 16.6. The normalized spacial score (nSPS) is 14.9. The highest BCUT2D eigenvalue weighted by Crippen LogP contribution is 2.24. The van der Waals surface area contributed by atoms with E-state index in [-0.39, 0.29) is 11.8 Å². The maximum absolute atomic E-state index is 12.8. The number of methoxy groups -OCH3 is 1. The standard InChI is InChI=1S/C21H32N2O3/c1-5-6-8-20(24)22-11-7-12-23(14-13-22)21(25)15-18-9-10-19(26-4)17(3)16(18)2/h9-10H,5-8,11-15H2,1-4H3. The van der Waals surface area contributed by atoms with Gasteiger partial charge < -0.3 is 14.5 Å². The molecule has 1 aromatic carbocycles. The summed E-state index contributed by atoms with van der Waals surface area (Å²) in [5, 5.41) is 0. The lowest BCUT2D eigenvalue weighted by Crippen LogP contribution is -2.38. The summed E-state index contributed by atoms with van der Waals surface area (Å²) >= 11 is 0. The Hall–Kier alpha value is -2.04. The van der Waals surface area contributed by atoms with Crippen molar-refractivity contribution in [2.45, 2.75) is 52.9 Å². The number of carbonyl (C=O) groups excluding carboxylic acids is 2. The Balaban J connectivity index is 1.96. The second-order valence-electron chi connectivity index (χ2n) is 7.07. The van der Waals surface area contributed by atoms with Crippen LogP contribution in [0.15, 0.2) is 12.1 Å². The van der Waals surface area contributed by atoms with Gasteiger partial charge in [0.25, 0.3) is 0 Å². The quantitative estimate of drug-likeness (QED) is 0.783. The molecule has 1 aromatic rings. The highest BCUT2D eigenvalue weighted by atomic mass is 16.5. The van der Waals surface area contributed by atoms with Gasteiger partial charge in [-0.2, -0.15) is 0 Å². The van der Waals surface area contributed by atoms with E-state index in [2.05, 4.69) is 6.92 Å². The molecule has 1 aliphatic heterocycles. The van der Waals surface area contributed by atoms with Crippen molar-refractivity contribution in [2.75, 3.05) is 33.3 Å². The van der Waals surface area contributed by atoms with Crippen molar-refractivity contribution in [2.24, 2.45) is 0 Å². The van der Waals surface area contributed by atoms with Crippen LogP contribution in [0.4, 0.5) is 0 Å². The molecule has 0 radical (unpaired) electrons. The van der Waals surface area contributed by atoms with E-state index in [4.69, 9.17) is 4.74 Å². The SMILES string of the molecule is CCCCC(=O)N1CCCN(C(=O)Cc2ccc(OC)c(C)c2C)CC1. The molecule has 5 nitrogen and oxygen atoms in total. The number of rotatable bonds is 6. The fraction of sp³-hybridized carbons (Fsp3) is 0.619. The molecule has 0 aromatic heterocycles. The highest BCUT2D eigenvalue weighted by Gasteiger charge is 2.22. The van der Waals surface area contributed by atoms with Crippen LogP contribution in [0.1, 0.15) is 49.3 Å². The van der Waals surface area contributed by atoms with Crippen molar-refractivity contribution in [1.82, 2.24) is 9.80 Å². The molecule has 2 rings (SSSR count). The third-order valence-electron chi connectivity index (χ3n) is 5.36. The van der Waals surface area contributed by atoms with Gasteiger partial charge in [-0.3, -0.25) is 9.59 Å². The fourth-order valence-corrected chi connectivity index (χ4v) is 3.44. The van der Waals surface area contributed by atoms with Gasteiger partial charge in [-0.1, -0.05) is 19.4 Å². The zero-order chi connectivity index (χ0) is 19.1. The van der Waals surface area contributed by atoms with E-state index in [0.29, 0.717) is 25.9 Å². The molecular weight excluding hydrogens is 328 g/mol. The number of hydrogen-bond donors (Lipinski definition) is 0. The molecule has 1 aliphatic rings. The second-order valence-corrected chi connectivity index (χ2v) is 7.07. The summed E-state index contributed by atoms with van der Waals surface area (Å²) in [5.74, 6) is 1.22. The van der Waals surface area contributed by atoms with Gasteiger partial charge in [0.05, 0.1) is 13.5 Å². The highest BCUT2D eigenvalue weighted by molar-refractivity contribution is 5.80. The molecule has 0 unspecified atom stereocenters. The Morgan fingerprint density at radius 3 is 2.27 bits per heavy atom. The molecule has 26 heavy (non-hydrogen) atoms. The van der Waals surface area contributed by atoms with Crippen molar-refractivity contribution in [3.8, 4) is 5.75 Å². The molecule has 144 valence electrons. The van der Waals surface area contributed by atoms with Gasteiger partial charge in [-0.15, -0.1) is 0 Å². The average molecular weight is 360 g/mol. The molecule has 2 amide bonds. The molecule has 0 aliphatic carbocycles. The summed E-state index contributed by atoms with van der Waals surface area (Å²) < 4.78 is 5.35. The molecule has 0 N–H and O–H groups in total. The van der Waals surface area contributed by atoms with E-state index in [1.54, 1.807) is 7.11 Å². The molecule has 0 spiro atoms. The van der Waals surface area contributed by atoms with Crippen molar-refractivity contribution in [3.05, 3.63) is 28.8 Å². The largest absolute Gasteiger partial charge is 0.496 e. The lowest BCUT2D eigenvalue weighted by Gasteiger charge is -2.23. The molecule has 5 heteroatoms. The van der Waals surface area contributed by atoms with Gasteiger partial charge in [0.2, 0.25) is 11.8 Å². The molecule has 1 fully saturated rings. The van der Waals surface area contributed by atoms with Crippen LogP contribution in [-0.2, 0) is 16.0 Å². The predicted molar refractivity (Wildman–Crippen MR) is 103 cm³/mol. The molecule has 0 saturated carbocycles. The van der Waals surface area contributed by atoms with Gasteiger partial charge in [-0.05, 0) is 49.4 Å². The van der Waals surface area contributed by atoms with Crippen LogP contribution in [0.25, 0.3) is 0 Å². The molecule has 0 bridgehead atoms. The summed E-state index contributed by atoms with van der Waals surface area (Å²) in [7, 11) is 1.66. The second kappa shape index (κ2) is 9.60. The predicted octanol–water partition coefficient (Wildman–Crippen LogP) is 3.11. The Labute approximate surface area is 157 Å². The number of nitrogens with zero attached hydrogens (tertiary/aromatic N) is 2. The van der Waals surface area contributed by atoms with Crippen LogP contribution in [0.3, 0.4) is 0 Å². The first-order valence-corrected chi connectivity index (χ1v) is 9.66. The third-order valence-corrected chi connectivity index (χ3v) is 5.36. The van der Waals surface area contributed by atoms with Gasteiger partial charge in [0.15, 0.2) is 0 Å². The molecule has 1 heterocycles. The first kappa shape index (κ1) is 20.3. The lowest BCUT2D eigenvalue weighted by molar-refractivity contribution is -0.133. The Bertz CT molecular complexity index is 642. The van der Waals surface area contributed by atoms with E-state index < -0.39 is 0 Å². The van der Waals surface area contributed by atoms with E-state index in [1.165, 1.54) is 0 Å². The maximum atomic E-state index is 12.8. The zero-order valence-corrected chi connectivity index (χ0v) is 16.6. The van der Waals surface area contributed by atoms with E-state index in [1.807, 2.05) is 35.8 Å². The van der Waals surface area contributed by atoms with Crippen molar-refractivity contribution >= 4 is 11.8 Å². The van der Waals surface area contributed by atoms with Crippen LogP contribution in [0.5, 0.6) is 5.75 Å². The number of unbranched alkanes of at least 4 members (excludes halogenated alkanes) is 1. The number of benzene rings is 1. The minimum Gasteiger partial charge on any atom is -0.496 e. The first-order valence-electron chi connectivity index (χ1n) is 9.66. The number of hydrogen-bond acceptors (Lipinski definition) is 3. The molecule has 0 atom stereocenters. The summed E-state index contributed by atoms with van der Waals surface area (Å²) in [6.45, 7) is 8.92. The summed E-state index contributed by atoms with van der Waals surface area (Å²) in [6, 6.07) is 3.92. The van der Waals surface area contributed by atoms with Gasteiger partial charge in [0, 0.05) is 32.6 Å². The fourth-order valence-electron chi connectivity index (χ4n) is 3.44. The minimum absolute atomic E-state index is 0.139. The van der Waals surface area contributed by atoms with Crippen LogP contribution in [0, 0.1) is 13.8 Å². The average Bonchev–Trinajstić information content (AvgIpc) is 2.90. The first-order chi connectivity index (χ1) is 12.5. The van der Waals surface area contributed by atoms with Crippen molar-refractivity contribution in [3.63, 3.8) is 0 Å². The third kappa shape index (κ3) is 4.99. The Kier molecular flexibility index (Phi) is 7.49. The van der Waals surface area contributed by atoms with Crippen LogP contribution in [-0.4, -0.2) is 54.9 Å². The molecular formula is C21H32N2O3. The Morgan fingerprint density at radius 2 is 1.65 bits per heavy atom. The van der Waals surface area contributed by atoms with E-state index in [9.17, 15) is 9.59 Å². The van der Waals surface area contributed by atoms with Crippen molar-refractivity contribution < 1.29 is 14.3 Å². The monoisotopic (exact) mass is 360 g/mol. The summed E-state index contributed by atoms with van der Waals surface area (Å²) in [4.78, 5) is 28.8. The maximum Gasteiger partial charge on any atom is 0.227 e. The summed E-state index contributed by atoms with van der Waals surface area (Å²) in [5.41, 5.74) is 3.25. The molecule has 1 saturated heterocycles. The summed E-state index contributed by atoms with van der Waals surface area (Å²) in [6.07, 6.45) is 3.85. The number of carbonyl (C=O) groups is 2. The van der Waals surface area contributed by atoms with Gasteiger partial charge >= 0.3 is 0 Å². The van der Waals surface area contributed by atoms with Crippen LogP contribution in [0.2, 0.25) is 0 Å². The Morgan fingerprint density at radius 1 is 1.00 bits per heavy atom.